The number of carbonyl (C=O) groups is 2. The molecule has 0 radical (unpaired) electrons. The summed E-state index contributed by atoms with van der Waals surface area (Å²) in [5, 5.41) is 17.6. The smallest absolute Gasteiger partial charge is 0.326 e. The van der Waals surface area contributed by atoms with Gasteiger partial charge in [0.1, 0.15) is 6.04 Å². The van der Waals surface area contributed by atoms with E-state index in [1.807, 2.05) is 30.3 Å². The van der Waals surface area contributed by atoms with E-state index in [0.717, 1.165) is 5.56 Å². The molecule has 110 valence electrons. The van der Waals surface area contributed by atoms with Crippen molar-refractivity contribution in [2.75, 3.05) is 0 Å². The van der Waals surface area contributed by atoms with Gasteiger partial charge >= 0.3 is 12.0 Å². The maximum absolute atomic E-state index is 11.7. The SMILES string of the molecule is O=C(NCc1ccno1)N[C@H](Cc1ccccc1)C(=O)O. The topological polar surface area (TPSA) is 104 Å². The van der Waals surface area contributed by atoms with Crippen LogP contribution in [-0.4, -0.2) is 28.3 Å². The predicted molar refractivity (Wildman–Crippen MR) is 73.4 cm³/mol. The molecule has 1 aromatic heterocycles. The molecular formula is C14H15N3O4. The third-order valence-corrected chi connectivity index (χ3v) is 2.80. The molecule has 7 nitrogen and oxygen atoms in total. The monoisotopic (exact) mass is 289 g/mol. The number of aliphatic carboxylic acids is 1. The van der Waals surface area contributed by atoms with Crippen molar-refractivity contribution < 1.29 is 19.2 Å². The van der Waals surface area contributed by atoms with E-state index >= 15 is 0 Å². The molecule has 3 N–H and O–H groups in total. The lowest BCUT2D eigenvalue weighted by molar-refractivity contribution is -0.139. The van der Waals surface area contributed by atoms with Gasteiger partial charge in [-0.15, -0.1) is 0 Å². The molecule has 0 saturated carbocycles. The second kappa shape index (κ2) is 7.09. The molecule has 7 heteroatoms. The van der Waals surface area contributed by atoms with E-state index < -0.39 is 18.0 Å². The van der Waals surface area contributed by atoms with Crippen molar-refractivity contribution >= 4 is 12.0 Å². The van der Waals surface area contributed by atoms with Crippen LogP contribution < -0.4 is 10.6 Å². The summed E-state index contributed by atoms with van der Waals surface area (Å²) in [6.07, 6.45) is 1.68. The zero-order valence-electron chi connectivity index (χ0n) is 11.2. The Morgan fingerprint density at radius 3 is 2.62 bits per heavy atom. The summed E-state index contributed by atoms with van der Waals surface area (Å²) in [4.78, 5) is 22.9. The lowest BCUT2D eigenvalue weighted by Gasteiger charge is -2.14. The first-order valence-electron chi connectivity index (χ1n) is 6.36. The van der Waals surface area contributed by atoms with Crippen molar-refractivity contribution in [2.45, 2.75) is 19.0 Å². The van der Waals surface area contributed by atoms with E-state index in [4.69, 9.17) is 9.63 Å². The molecule has 0 aliphatic rings. The van der Waals surface area contributed by atoms with Gasteiger partial charge in [-0.25, -0.2) is 9.59 Å². The number of benzene rings is 1. The number of nitrogens with zero attached hydrogens (tertiary/aromatic N) is 1. The van der Waals surface area contributed by atoms with Gasteiger partial charge in [0.2, 0.25) is 0 Å². The molecule has 1 aromatic carbocycles. The van der Waals surface area contributed by atoms with Crippen LogP contribution in [0, 0.1) is 0 Å². The number of carboxylic acid groups (broad SMARTS) is 1. The number of nitrogens with one attached hydrogen (secondary N) is 2. The summed E-state index contributed by atoms with van der Waals surface area (Å²) in [5.74, 6) is -0.603. The van der Waals surface area contributed by atoms with Crippen molar-refractivity contribution in [1.29, 1.82) is 0 Å². The van der Waals surface area contributed by atoms with Crippen LogP contribution in [0.25, 0.3) is 0 Å². The van der Waals surface area contributed by atoms with Crippen LogP contribution in [-0.2, 0) is 17.8 Å². The van der Waals surface area contributed by atoms with Crippen LogP contribution in [0.1, 0.15) is 11.3 Å². The number of aromatic nitrogens is 1. The molecule has 2 amide bonds. The van der Waals surface area contributed by atoms with Gasteiger partial charge in [0.25, 0.3) is 0 Å². The largest absolute Gasteiger partial charge is 0.480 e. The van der Waals surface area contributed by atoms with Gasteiger partial charge in [-0.05, 0) is 5.56 Å². The summed E-state index contributed by atoms with van der Waals surface area (Å²) in [6, 6.07) is 9.14. The van der Waals surface area contributed by atoms with E-state index in [1.165, 1.54) is 6.20 Å². The molecule has 0 bridgehead atoms. The van der Waals surface area contributed by atoms with Gasteiger partial charge in [-0.3, -0.25) is 0 Å². The predicted octanol–water partition coefficient (Wildman–Crippen LogP) is 1.17. The van der Waals surface area contributed by atoms with E-state index in [-0.39, 0.29) is 13.0 Å². The van der Waals surface area contributed by atoms with E-state index in [2.05, 4.69) is 15.8 Å². The normalized spacial score (nSPS) is 11.6. The van der Waals surface area contributed by atoms with Gasteiger partial charge in [0, 0.05) is 12.5 Å². The minimum atomic E-state index is -1.09. The Morgan fingerprint density at radius 2 is 2.00 bits per heavy atom. The highest BCUT2D eigenvalue weighted by atomic mass is 16.5. The van der Waals surface area contributed by atoms with E-state index in [1.54, 1.807) is 6.07 Å². The molecule has 0 unspecified atom stereocenters. The highest BCUT2D eigenvalue weighted by molar-refractivity contribution is 5.82. The first kappa shape index (κ1) is 14.6. The van der Waals surface area contributed by atoms with Gasteiger partial charge in [0.05, 0.1) is 12.7 Å². The molecule has 1 atom stereocenters. The molecule has 0 aliphatic heterocycles. The third kappa shape index (κ3) is 4.64. The minimum absolute atomic E-state index is 0.142. The number of rotatable bonds is 6. The van der Waals surface area contributed by atoms with Gasteiger partial charge < -0.3 is 20.3 Å². The molecule has 0 spiro atoms. The van der Waals surface area contributed by atoms with Crippen molar-refractivity contribution in [3.05, 3.63) is 53.9 Å². The quantitative estimate of drug-likeness (QED) is 0.740. The van der Waals surface area contributed by atoms with Crippen LogP contribution in [0.3, 0.4) is 0 Å². The molecule has 2 rings (SSSR count). The van der Waals surface area contributed by atoms with Crippen LogP contribution in [0.4, 0.5) is 4.79 Å². The van der Waals surface area contributed by atoms with Gasteiger partial charge in [-0.1, -0.05) is 35.5 Å². The number of urea groups is 1. The van der Waals surface area contributed by atoms with E-state index in [0.29, 0.717) is 5.76 Å². The first-order valence-corrected chi connectivity index (χ1v) is 6.36. The number of carboxylic acids is 1. The minimum Gasteiger partial charge on any atom is -0.480 e. The number of hydrogen-bond acceptors (Lipinski definition) is 4. The summed E-state index contributed by atoms with van der Waals surface area (Å²) in [5.41, 5.74) is 0.834. The molecule has 0 fully saturated rings. The fourth-order valence-corrected chi connectivity index (χ4v) is 1.76. The number of carbonyl (C=O) groups excluding carboxylic acids is 1. The number of hydrogen-bond donors (Lipinski definition) is 3. The zero-order valence-corrected chi connectivity index (χ0v) is 11.2. The Bertz CT molecular complexity index is 584. The maximum Gasteiger partial charge on any atom is 0.326 e. The molecule has 1 heterocycles. The first-order chi connectivity index (χ1) is 10.1. The Balaban J connectivity index is 1.87. The summed E-state index contributed by atoms with van der Waals surface area (Å²) in [6.45, 7) is 0.142. The summed E-state index contributed by atoms with van der Waals surface area (Å²) in [7, 11) is 0. The molecular weight excluding hydrogens is 274 g/mol. The Morgan fingerprint density at radius 1 is 1.24 bits per heavy atom. The van der Waals surface area contributed by atoms with Crippen molar-refractivity contribution in [3.63, 3.8) is 0 Å². The lowest BCUT2D eigenvalue weighted by atomic mass is 10.1. The lowest BCUT2D eigenvalue weighted by Crippen LogP contribution is -2.46. The Hall–Kier alpha value is -2.83. The summed E-state index contributed by atoms with van der Waals surface area (Å²) >= 11 is 0. The second-order valence-corrected chi connectivity index (χ2v) is 4.39. The van der Waals surface area contributed by atoms with Crippen LogP contribution in [0.2, 0.25) is 0 Å². The standard InChI is InChI=1S/C14H15N3O4/c18-13(19)12(8-10-4-2-1-3-5-10)17-14(20)15-9-11-6-7-16-21-11/h1-7,12H,8-9H2,(H,18,19)(H2,15,17,20)/t12-/m1/s1. The van der Waals surface area contributed by atoms with Crippen LogP contribution in [0.15, 0.2) is 47.1 Å². The fraction of sp³-hybridized carbons (Fsp3) is 0.214. The van der Waals surface area contributed by atoms with Gasteiger partial charge in [-0.2, -0.15) is 0 Å². The molecule has 21 heavy (non-hydrogen) atoms. The Kier molecular flexibility index (Phi) is 4.92. The summed E-state index contributed by atoms with van der Waals surface area (Å²) < 4.78 is 4.82. The van der Waals surface area contributed by atoms with Crippen molar-refractivity contribution in [2.24, 2.45) is 0 Å². The third-order valence-electron chi connectivity index (χ3n) is 2.80. The van der Waals surface area contributed by atoms with Crippen molar-refractivity contribution in [3.8, 4) is 0 Å². The van der Waals surface area contributed by atoms with Gasteiger partial charge in [0.15, 0.2) is 5.76 Å². The maximum atomic E-state index is 11.7. The fourth-order valence-electron chi connectivity index (χ4n) is 1.76. The highest BCUT2D eigenvalue weighted by Crippen LogP contribution is 2.03. The van der Waals surface area contributed by atoms with E-state index in [9.17, 15) is 9.59 Å². The highest BCUT2D eigenvalue weighted by Gasteiger charge is 2.20. The molecule has 0 aliphatic carbocycles. The molecule has 0 saturated heterocycles. The number of amides is 2. The average molecular weight is 289 g/mol. The van der Waals surface area contributed by atoms with Crippen LogP contribution in [0.5, 0.6) is 0 Å². The average Bonchev–Trinajstić information content (AvgIpc) is 2.99. The second-order valence-electron chi connectivity index (χ2n) is 4.39. The van der Waals surface area contributed by atoms with Crippen molar-refractivity contribution in [1.82, 2.24) is 15.8 Å². The Labute approximate surface area is 120 Å². The van der Waals surface area contributed by atoms with Crippen LogP contribution >= 0.6 is 0 Å². The zero-order chi connectivity index (χ0) is 15.1. The molecule has 2 aromatic rings.